The summed E-state index contributed by atoms with van der Waals surface area (Å²) in [5.74, 6) is 2.03. The van der Waals surface area contributed by atoms with E-state index >= 15 is 0 Å². The third-order valence-corrected chi connectivity index (χ3v) is 3.23. The predicted molar refractivity (Wildman–Crippen MR) is 78.5 cm³/mol. The van der Waals surface area contributed by atoms with Crippen molar-refractivity contribution in [3.63, 3.8) is 0 Å². The van der Waals surface area contributed by atoms with Crippen LogP contribution >= 0.6 is 0 Å². The summed E-state index contributed by atoms with van der Waals surface area (Å²) in [6, 6.07) is 7.68. The largest absolute Gasteiger partial charge is 0.491 e. The molecule has 0 saturated heterocycles. The fourth-order valence-electron chi connectivity index (χ4n) is 2.11. The number of benzene rings is 1. The molecule has 1 aliphatic heterocycles. The van der Waals surface area contributed by atoms with E-state index in [0.29, 0.717) is 11.6 Å². The number of ether oxygens (including phenoxy) is 1. The van der Waals surface area contributed by atoms with Gasteiger partial charge in [0.25, 0.3) is 5.91 Å². The summed E-state index contributed by atoms with van der Waals surface area (Å²) < 4.78 is 5.59. The summed E-state index contributed by atoms with van der Waals surface area (Å²) in [6.45, 7) is 3.99. The molecule has 1 amide bonds. The van der Waals surface area contributed by atoms with E-state index in [1.807, 2.05) is 44.2 Å². The Morgan fingerprint density at radius 1 is 1.30 bits per heavy atom. The monoisotopic (exact) mass is 270 g/mol. The molecule has 1 aromatic carbocycles. The molecule has 0 bridgehead atoms. The average molecular weight is 270 g/mol. The number of hydrogen-bond donors (Lipinski definition) is 1. The fourth-order valence-corrected chi connectivity index (χ4v) is 2.11. The summed E-state index contributed by atoms with van der Waals surface area (Å²) >= 11 is 0. The van der Waals surface area contributed by atoms with Crippen molar-refractivity contribution in [2.45, 2.75) is 32.8 Å². The second-order valence-electron chi connectivity index (χ2n) is 5.49. The van der Waals surface area contributed by atoms with Gasteiger partial charge in [-0.05, 0) is 50.5 Å². The Kier molecular flexibility index (Phi) is 3.30. The minimum Gasteiger partial charge on any atom is -0.491 e. The number of nitrogens with zero attached hydrogens (tertiary/aromatic N) is 1. The molecule has 1 fully saturated rings. The molecule has 0 radical (unpaired) electrons. The highest BCUT2D eigenvalue weighted by Gasteiger charge is 2.33. The molecule has 20 heavy (non-hydrogen) atoms. The van der Waals surface area contributed by atoms with E-state index in [9.17, 15) is 4.79 Å². The molecule has 4 nitrogen and oxygen atoms in total. The number of carbonyl (C=O) groups excluding carboxylic acids is 1. The van der Waals surface area contributed by atoms with Gasteiger partial charge in [-0.1, -0.05) is 12.1 Å². The highest BCUT2D eigenvalue weighted by molar-refractivity contribution is 6.15. The van der Waals surface area contributed by atoms with E-state index in [4.69, 9.17) is 4.74 Å². The zero-order valence-electron chi connectivity index (χ0n) is 11.7. The molecule has 1 saturated carbocycles. The van der Waals surface area contributed by atoms with Crippen LogP contribution in [0.3, 0.4) is 0 Å². The Balaban J connectivity index is 1.76. The molecule has 1 heterocycles. The molecule has 1 aromatic rings. The Morgan fingerprint density at radius 3 is 2.60 bits per heavy atom. The molecule has 0 spiro atoms. The van der Waals surface area contributed by atoms with Gasteiger partial charge in [0.15, 0.2) is 0 Å². The number of rotatable bonds is 4. The third-order valence-electron chi connectivity index (χ3n) is 3.23. The molecule has 104 valence electrons. The van der Waals surface area contributed by atoms with Crippen molar-refractivity contribution in [3.8, 4) is 5.75 Å². The summed E-state index contributed by atoms with van der Waals surface area (Å²) in [5, 5.41) is 2.84. The van der Waals surface area contributed by atoms with Crippen LogP contribution in [0, 0.1) is 5.92 Å². The smallest absolute Gasteiger partial charge is 0.275 e. The van der Waals surface area contributed by atoms with Crippen molar-refractivity contribution < 1.29 is 9.53 Å². The molecule has 0 atom stereocenters. The lowest BCUT2D eigenvalue weighted by molar-refractivity contribution is -0.115. The molecule has 1 aliphatic carbocycles. The molecule has 4 heteroatoms. The van der Waals surface area contributed by atoms with Crippen LogP contribution in [0.2, 0.25) is 0 Å². The molecule has 0 unspecified atom stereocenters. The third kappa shape index (κ3) is 2.90. The van der Waals surface area contributed by atoms with Gasteiger partial charge in [0, 0.05) is 5.92 Å². The van der Waals surface area contributed by atoms with Gasteiger partial charge in [-0.3, -0.25) is 4.79 Å². The van der Waals surface area contributed by atoms with E-state index in [1.165, 1.54) is 0 Å². The van der Waals surface area contributed by atoms with Crippen molar-refractivity contribution in [1.29, 1.82) is 0 Å². The molecule has 1 N–H and O–H groups in total. The van der Waals surface area contributed by atoms with Gasteiger partial charge in [-0.2, -0.15) is 0 Å². The summed E-state index contributed by atoms with van der Waals surface area (Å²) in [6.07, 6.45) is 4.23. The molecular weight excluding hydrogens is 252 g/mol. The first-order valence-corrected chi connectivity index (χ1v) is 7.00. The second-order valence-corrected chi connectivity index (χ2v) is 5.49. The number of amides is 1. The number of hydrogen-bond acceptors (Lipinski definition) is 3. The van der Waals surface area contributed by atoms with Crippen LogP contribution < -0.4 is 10.1 Å². The van der Waals surface area contributed by atoms with Gasteiger partial charge in [0.2, 0.25) is 0 Å². The van der Waals surface area contributed by atoms with Crippen LogP contribution in [0.25, 0.3) is 6.08 Å². The van der Waals surface area contributed by atoms with E-state index in [0.717, 1.165) is 30.0 Å². The SMILES string of the molecule is CC(C)Oc1ccc(/C=C2/N=C(C3CC3)NC2=O)cc1. The van der Waals surface area contributed by atoms with Gasteiger partial charge in [-0.25, -0.2) is 4.99 Å². The maximum atomic E-state index is 11.8. The van der Waals surface area contributed by atoms with Crippen molar-refractivity contribution in [2.75, 3.05) is 0 Å². The topological polar surface area (TPSA) is 50.7 Å². The fraction of sp³-hybridized carbons (Fsp3) is 0.375. The van der Waals surface area contributed by atoms with Crippen molar-refractivity contribution in [1.82, 2.24) is 5.32 Å². The Morgan fingerprint density at radius 2 is 2.00 bits per heavy atom. The number of carbonyl (C=O) groups is 1. The predicted octanol–water partition coefficient (Wildman–Crippen LogP) is 2.75. The highest BCUT2D eigenvalue weighted by atomic mass is 16.5. The normalized spacial score (nSPS) is 20.2. The Bertz CT molecular complexity index is 581. The van der Waals surface area contributed by atoms with Gasteiger partial charge in [-0.15, -0.1) is 0 Å². The number of amidine groups is 1. The first-order chi connectivity index (χ1) is 9.61. The molecule has 3 rings (SSSR count). The quantitative estimate of drug-likeness (QED) is 0.855. The lowest BCUT2D eigenvalue weighted by atomic mass is 10.2. The summed E-state index contributed by atoms with van der Waals surface area (Å²) in [4.78, 5) is 16.2. The van der Waals surface area contributed by atoms with Gasteiger partial charge in [0.1, 0.15) is 17.3 Å². The molecule has 0 aromatic heterocycles. The highest BCUT2D eigenvalue weighted by Crippen LogP contribution is 2.32. The van der Waals surface area contributed by atoms with Crippen LogP contribution in [-0.4, -0.2) is 17.8 Å². The Hall–Kier alpha value is -2.10. The lowest BCUT2D eigenvalue weighted by Crippen LogP contribution is -2.25. The Labute approximate surface area is 118 Å². The van der Waals surface area contributed by atoms with Gasteiger partial charge in [0.05, 0.1) is 6.10 Å². The zero-order chi connectivity index (χ0) is 14.1. The van der Waals surface area contributed by atoms with E-state index in [-0.39, 0.29) is 12.0 Å². The van der Waals surface area contributed by atoms with Crippen LogP contribution in [0.5, 0.6) is 5.75 Å². The first kappa shape index (κ1) is 12.9. The van der Waals surface area contributed by atoms with Crippen molar-refractivity contribution in [2.24, 2.45) is 10.9 Å². The standard InChI is InChI=1S/C16H18N2O2/c1-10(2)20-13-7-3-11(4-8-13)9-14-16(19)18-15(17-14)12-5-6-12/h3-4,7-10,12H,5-6H2,1-2H3,(H,17,18,19)/b14-9+. The summed E-state index contributed by atoms with van der Waals surface area (Å²) in [5.41, 5.74) is 1.44. The molecular formula is C16H18N2O2. The number of nitrogens with one attached hydrogen (secondary N) is 1. The maximum Gasteiger partial charge on any atom is 0.275 e. The molecule has 2 aliphatic rings. The van der Waals surface area contributed by atoms with Crippen molar-refractivity contribution in [3.05, 3.63) is 35.5 Å². The average Bonchev–Trinajstić information content (AvgIpc) is 3.18. The first-order valence-electron chi connectivity index (χ1n) is 7.00. The maximum absolute atomic E-state index is 11.8. The van der Waals surface area contributed by atoms with Gasteiger partial charge < -0.3 is 10.1 Å². The number of aliphatic imine (C=N–C) groups is 1. The van der Waals surface area contributed by atoms with E-state index < -0.39 is 0 Å². The lowest BCUT2D eigenvalue weighted by Gasteiger charge is -2.09. The minimum absolute atomic E-state index is 0.102. The van der Waals surface area contributed by atoms with Crippen molar-refractivity contribution >= 4 is 17.8 Å². The van der Waals surface area contributed by atoms with Crippen LogP contribution in [0.4, 0.5) is 0 Å². The summed E-state index contributed by atoms with van der Waals surface area (Å²) in [7, 11) is 0. The minimum atomic E-state index is -0.102. The van der Waals surface area contributed by atoms with Gasteiger partial charge >= 0.3 is 0 Å². The van der Waals surface area contributed by atoms with Crippen LogP contribution in [0.1, 0.15) is 32.3 Å². The van der Waals surface area contributed by atoms with E-state index in [1.54, 1.807) is 0 Å². The second kappa shape index (κ2) is 5.12. The van der Waals surface area contributed by atoms with E-state index in [2.05, 4.69) is 10.3 Å². The zero-order valence-corrected chi connectivity index (χ0v) is 11.7. The van der Waals surface area contributed by atoms with Crippen LogP contribution in [0.15, 0.2) is 35.0 Å². The van der Waals surface area contributed by atoms with Crippen LogP contribution in [-0.2, 0) is 4.79 Å².